The lowest BCUT2D eigenvalue weighted by Crippen LogP contribution is -2.36. The van der Waals surface area contributed by atoms with Crippen molar-refractivity contribution in [1.29, 1.82) is 0 Å². The second kappa shape index (κ2) is 11.6. The fraction of sp³-hybridized carbons (Fsp3) is 0.208. The fourth-order valence-electron chi connectivity index (χ4n) is 3.26. The van der Waals surface area contributed by atoms with Crippen LogP contribution in [0.25, 0.3) is 0 Å². The molecule has 1 saturated heterocycles. The van der Waals surface area contributed by atoms with Crippen molar-refractivity contribution in [3.63, 3.8) is 0 Å². The number of benzene rings is 3. The number of ether oxygens (including phenoxy) is 2. The molecule has 1 heterocycles. The summed E-state index contributed by atoms with van der Waals surface area (Å²) >= 11 is 0. The molecule has 0 aromatic heterocycles. The Morgan fingerprint density at radius 1 is 0.935 bits per heavy atom. The zero-order valence-electron chi connectivity index (χ0n) is 17.2. The number of aliphatic imine (C=N–C) groups is 1. The van der Waals surface area contributed by atoms with Gasteiger partial charge >= 0.3 is 0 Å². The van der Waals surface area contributed by atoms with E-state index in [1.54, 1.807) is 0 Å². The predicted octanol–water partition coefficient (Wildman–Crippen LogP) is 4.86. The number of nitrogens with one attached hydrogen (secondary N) is 1. The first-order chi connectivity index (χ1) is 14.8. The highest BCUT2D eigenvalue weighted by Crippen LogP contribution is 2.23. The van der Waals surface area contributed by atoms with Crippen LogP contribution in [0.15, 0.2) is 83.9 Å². The quantitative estimate of drug-likeness (QED) is 0.271. The average Bonchev–Trinajstić information content (AvgIpc) is 2.80. The molecular formula is C24H27IN4O2. The van der Waals surface area contributed by atoms with Crippen LogP contribution in [0.1, 0.15) is 5.56 Å². The normalized spacial score (nSPS) is 13.9. The molecule has 0 amide bonds. The average molecular weight is 530 g/mol. The summed E-state index contributed by atoms with van der Waals surface area (Å²) < 4.78 is 11.3. The maximum absolute atomic E-state index is 6.08. The van der Waals surface area contributed by atoms with Crippen LogP contribution in [0.4, 0.5) is 11.4 Å². The molecule has 1 aliphatic heterocycles. The van der Waals surface area contributed by atoms with Gasteiger partial charge in [0.05, 0.1) is 19.8 Å². The second-order valence-corrected chi connectivity index (χ2v) is 7.04. The molecule has 162 valence electrons. The Kier molecular flexibility index (Phi) is 8.54. The number of nitrogens with two attached hydrogens (primary N) is 1. The van der Waals surface area contributed by atoms with Crippen molar-refractivity contribution < 1.29 is 9.47 Å². The Balaban J connectivity index is 0.00000272. The summed E-state index contributed by atoms with van der Waals surface area (Å²) in [5.41, 5.74) is 9.23. The number of hydrogen-bond acceptors (Lipinski definition) is 4. The molecule has 1 fully saturated rings. The van der Waals surface area contributed by atoms with Crippen LogP contribution < -0.4 is 20.7 Å². The molecule has 0 aliphatic carbocycles. The lowest BCUT2D eigenvalue weighted by molar-refractivity contribution is 0.122. The maximum atomic E-state index is 6.08. The lowest BCUT2D eigenvalue weighted by Gasteiger charge is -2.28. The van der Waals surface area contributed by atoms with E-state index < -0.39 is 0 Å². The predicted molar refractivity (Wildman–Crippen MR) is 137 cm³/mol. The van der Waals surface area contributed by atoms with Gasteiger partial charge in [0, 0.05) is 30.5 Å². The van der Waals surface area contributed by atoms with E-state index in [2.05, 4.69) is 39.5 Å². The van der Waals surface area contributed by atoms with Gasteiger partial charge < -0.3 is 25.4 Å². The van der Waals surface area contributed by atoms with E-state index in [0.29, 0.717) is 12.5 Å². The van der Waals surface area contributed by atoms with Crippen LogP contribution in [-0.4, -0.2) is 32.3 Å². The third kappa shape index (κ3) is 6.86. The molecule has 3 N–H and O–H groups in total. The van der Waals surface area contributed by atoms with E-state index in [-0.39, 0.29) is 24.0 Å². The summed E-state index contributed by atoms with van der Waals surface area (Å²) in [6, 6.07) is 25.8. The van der Waals surface area contributed by atoms with E-state index >= 15 is 0 Å². The van der Waals surface area contributed by atoms with Gasteiger partial charge in [-0.05, 0) is 42.0 Å². The topological polar surface area (TPSA) is 72.1 Å². The van der Waals surface area contributed by atoms with E-state index in [1.807, 2.05) is 54.6 Å². The summed E-state index contributed by atoms with van der Waals surface area (Å²) in [6.07, 6.45) is 0. The van der Waals surface area contributed by atoms with Crippen molar-refractivity contribution >= 4 is 41.3 Å². The minimum Gasteiger partial charge on any atom is -0.457 e. The molecule has 0 radical (unpaired) electrons. The number of guanidine groups is 1. The minimum atomic E-state index is 0. The minimum absolute atomic E-state index is 0. The molecule has 3 aromatic rings. The number of hydrogen-bond donors (Lipinski definition) is 2. The van der Waals surface area contributed by atoms with Crippen molar-refractivity contribution in [2.24, 2.45) is 10.7 Å². The summed E-state index contributed by atoms with van der Waals surface area (Å²) in [5, 5.41) is 3.13. The van der Waals surface area contributed by atoms with Gasteiger partial charge in [-0.1, -0.05) is 36.4 Å². The molecule has 0 bridgehead atoms. The SMILES string of the molecule is I.NC(=NCc1ccc(N2CCOCC2)cc1)Nc1cccc(Oc2ccccc2)c1. The van der Waals surface area contributed by atoms with E-state index in [0.717, 1.165) is 49.1 Å². The first-order valence-electron chi connectivity index (χ1n) is 10.1. The number of nitrogens with zero attached hydrogens (tertiary/aromatic N) is 2. The number of halogens is 1. The van der Waals surface area contributed by atoms with E-state index in [1.165, 1.54) is 5.69 Å². The lowest BCUT2D eigenvalue weighted by atomic mass is 10.2. The Morgan fingerprint density at radius 2 is 1.65 bits per heavy atom. The van der Waals surface area contributed by atoms with Gasteiger partial charge in [-0.25, -0.2) is 4.99 Å². The smallest absolute Gasteiger partial charge is 0.193 e. The van der Waals surface area contributed by atoms with E-state index in [9.17, 15) is 0 Å². The summed E-state index contributed by atoms with van der Waals surface area (Å²) in [5.74, 6) is 1.89. The Hall–Kier alpha value is -2.78. The highest BCUT2D eigenvalue weighted by atomic mass is 127. The van der Waals surface area contributed by atoms with Gasteiger partial charge in [0.2, 0.25) is 0 Å². The molecule has 3 aromatic carbocycles. The molecule has 7 heteroatoms. The van der Waals surface area contributed by atoms with E-state index in [4.69, 9.17) is 15.2 Å². The van der Waals surface area contributed by atoms with Gasteiger partial charge in [0.15, 0.2) is 5.96 Å². The molecule has 0 unspecified atom stereocenters. The van der Waals surface area contributed by atoms with Crippen LogP contribution >= 0.6 is 24.0 Å². The van der Waals surface area contributed by atoms with Crippen molar-refractivity contribution in [3.05, 3.63) is 84.4 Å². The van der Waals surface area contributed by atoms with Crippen LogP contribution in [-0.2, 0) is 11.3 Å². The number of anilines is 2. The van der Waals surface area contributed by atoms with Crippen LogP contribution in [0, 0.1) is 0 Å². The Labute approximate surface area is 200 Å². The van der Waals surface area contributed by atoms with Gasteiger partial charge in [0.1, 0.15) is 11.5 Å². The maximum Gasteiger partial charge on any atom is 0.193 e. The van der Waals surface area contributed by atoms with Crippen LogP contribution in [0.5, 0.6) is 11.5 Å². The molecule has 4 rings (SSSR count). The van der Waals surface area contributed by atoms with Crippen molar-refractivity contribution in [3.8, 4) is 11.5 Å². The second-order valence-electron chi connectivity index (χ2n) is 7.04. The van der Waals surface area contributed by atoms with Crippen LogP contribution in [0.2, 0.25) is 0 Å². The molecule has 0 atom stereocenters. The largest absolute Gasteiger partial charge is 0.457 e. The zero-order chi connectivity index (χ0) is 20.6. The summed E-state index contributed by atoms with van der Waals surface area (Å²) in [7, 11) is 0. The molecule has 0 saturated carbocycles. The Bertz CT molecular complexity index is 974. The zero-order valence-corrected chi connectivity index (χ0v) is 19.6. The van der Waals surface area contributed by atoms with Crippen molar-refractivity contribution in [1.82, 2.24) is 0 Å². The highest BCUT2D eigenvalue weighted by molar-refractivity contribution is 14.0. The van der Waals surface area contributed by atoms with Gasteiger partial charge in [-0.15, -0.1) is 24.0 Å². The first-order valence-corrected chi connectivity index (χ1v) is 10.1. The van der Waals surface area contributed by atoms with Crippen LogP contribution in [0.3, 0.4) is 0 Å². The molecule has 31 heavy (non-hydrogen) atoms. The third-order valence-electron chi connectivity index (χ3n) is 4.83. The monoisotopic (exact) mass is 530 g/mol. The highest BCUT2D eigenvalue weighted by Gasteiger charge is 2.10. The van der Waals surface area contributed by atoms with Gasteiger partial charge in [-0.3, -0.25) is 0 Å². The fourth-order valence-corrected chi connectivity index (χ4v) is 3.26. The Morgan fingerprint density at radius 3 is 2.39 bits per heavy atom. The van der Waals surface area contributed by atoms with Gasteiger partial charge in [-0.2, -0.15) is 0 Å². The van der Waals surface area contributed by atoms with Crippen molar-refractivity contribution in [2.75, 3.05) is 36.5 Å². The number of rotatable bonds is 6. The molecule has 6 nitrogen and oxygen atoms in total. The first kappa shape index (κ1) is 22.9. The number of para-hydroxylation sites is 1. The molecule has 1 aliphatic rings. The number of morpholine rings is 1. The summed E-state index contributed by atoms with van der Waals surface area (Å²) in [6.45, 7) is 3.95. The van der Waals surface area contributed by atoms with Gasteiger partial charge in [0.25, 0.3) is 0 Å². The molecular weight excluding hydrogens is 503 g/mol. The third-order valence-corrected chi connectivity index (χ3v) is 4.83. The standard InChI is InChI=1S/C24H26N4O2.HI/c25-24(26-18-19-9-11-21(12-10-19)28-13-15-29-16-14-28)27-20-5-4-8-23(17-20)30-22-6-2-1-3-7-22;/h1-12,17H,13-16,18H2,(H3,25,26,27);1H. The van der Waals surface area contributed by atoms with Crippen molar-refractivity contribution in [2.45, 2.75) is 6.54 Å². The summed E-state index contributed by atoms with van der Waals surface area (Å²) in [4.78, 5) is 6.78. The molecule has 0 spiro atoms.